The van der Waals surface area contributed by atoms with Crippen LogP contribution in [0.25, 0.3) is 0 Å². The van der Waals surface area contributed by atoms with Gasteiger partial charge in [-0.05, 0) is 77.0 Å². The van der Waals surface area contributed by atoms with Crippen molar-refractivity contribution in [1.82, 2.24) is 0 Å². The summed E-state index contributed by atoms with van der Waals surface area (Å²) < 4.78 is 10.6. The van der Waals surface area contributed by atoms with Crippen LogP contribution in [0.2, 0.25) is 0 Å². The van der Waals surface area contributed by atoms with Crippen LogP contribution in [-0.2, 0) is 19.1 Å². The van der Waals surface area contributed by atoms with Crippen molar-refractivity contribution in [3.8, 4) is 0 Å². The highest BCUT2D eigenvalue weighted by molar-refractivity contribution is 5.70. The highest BCUT2D eigenvalue weighted by Crippen LogP contribution is 2.11. The van der Waals surface area contributed by atoms with E-state index in [-0.39, 0.29) is 25.2 Å². The molecule has 0 bridgehead atoms. The molecule has 0 aromatic rings. The van der Waals surface area contributed by atoms with Crippen LogP contribution >= 0.6 is 0 Å². The van der Waals surface area contributed by atoms with Gasteiger partial charge >= 0.3 is 11.9 Å². The van der Waals surface area contributed by atoms with E-state index < -0.39 is 6.10 Å². The van der Waals surface area contributed by atoms with Crippen LogP contribution in [0.5, 0.6) is 0 Å². The lowest BCUT2D eigenvalue weighted by molar-refractivity contribution is -0.161. The summed E-state index contributed by atoms with van der Waals surface area (Å²) in [6.07, 6.45) is 47.0. The number of rotatable bonds is 33. The Morgan fingerprint density at radius 1 is 0.522 bits per heavy atom. The largest absolute Gasteiger partial charge is 0.462 e. The summed E-state index contributed by atoms with van der Waals surface area (Å²) >= 11 is 0. The van der Waals surface area contributed by atoms with Gasteiger partial charge in [0.15, 0.2) is 6.10 Å². The van der Waals surface area contributed by atoms with Crippen LogP contribution < -0.4 is 0 Å². The molecule has 0 aliphatic heterocycles. The van der Waals surface area contributed by atoms with Crippen LogP contribution in [0.1, 0.15) is 168 Å². The Morgan fingerprint density at radius 2 is 0.935 bits per heavy atom. The minimum absolute atomic E-state index is 0.0823. The van der Waals surface area contributed by atoms with E-state index in [1.807, 2.05) is 0 Å². The fourth-order valence-electron chi connectivity index (χ4n) is 4.95. The maximum Gasteiger partial charge on any atom is 0.306 e. The first-order chi connectivity index (χ1) is 22.6. The Balaban J connectivity index is 3.65. The van der Waals surface area contributed by atoms with Crippen molar-refractivity contribution in [2.24, 2.45) is 0 Å². The number of hydrogen-bond acceptors (Lipinski definition) is 5. The van der Waals surface area contributed by atoms with Gasteiger partial charge in [0.2, 0.25) is 0 Å². The summed E-state index contributed by atoms with van der Waals surface area (Å²) in [7, 11) is 0. The summed E-state index contributed by atoms with van der Waals surface area (Å²) in [5, 5.41) is 9.54. The SMILES string of the molecule is CC/C=C\C/C=C\C/C=C\C/C=C\CCCCCCC(=O)O[C@@H](CO)COC(=O)CCCCCCC/C=C\CCCCCCCC. The number of hydrogen-bond donors (Lipinski definition) is 1. The second kappa shape index (κ2) is 37.1. The van der Waals surface area contributed by atoms with Crippen molar-refractivity contribution in [2.75, 3.05) is 13.2 Å². The number of aliphatic hydroxyl groups is 1. The molecule has 0 rings (SSSR count). The van der Waals surface area contributed by atoms with E-state index in [0.717, 1.165) is 83.5 Å². The predicted octanol–water partition coefficient (Wildman–Crippen LogP) is 11.6. The molecule has 0 amide bonds. The Bertz CT molecular complexity index is 823. The third-order valence-electron chi connectivity index (χ3n) is 7.80. The Labute approximate surface area is 283 Å². The molecule has 5 heteroatoms. The van der Waals surface area contributed by atoms with Crippen LogP contribution in [0.15, 0.2) is 60.8 Å². The molecule has 1 N–H and O–H groups in total. The predicted molar refractivity (Wildman–Crippen MR) is 196 cm³/mol. The van der Waals surface area contributed by atoms with E-state index in [1.54, 1.807) is 0 Å². The molecule has 0 saturated heterocycles. The van der Waals surface area contributed by atoms with E-state index in [9.17, 15) is 14.7 Å². The van der Waals surface area contributed by atoms with Crippen molar-refractivity contribution in [3.63, 3.8) is 0 Å². The first-order valence-corrected chi connectivity index (χ1v) is 18.8. The highest BCUT2D eigenvalue weighted by Gasteiger charge is 2.16. The number of ether oxygens (including phenoxy) is 2. The summed E-state index contributed by atoms with van der Waals surface area (Å²) in [5.41, 5.74) is 0. The number of allylic oxidation sites excluding steroid dienone is 10. The molecule has 5 nitrogen and oxygen atoms in total. The van der Waals surface area contributed by atoms with Gasteiger partial charge in [-0.2, -0.15) is 0 Å². The zero-order chi connectivity index (χ0) is 33.6. The number of aliphatic hydroxyl groups excluding tert-OH is 1. The molecule has 0 aliphatic carbocycles. The van der Waals surface area contributed by atoms with E-state index >= 15 is 0 Å². The van der Waals surface area contributed by atoms with Gasteiger partial charge in [-0.15, -0.1) is 0 Å². The molecule has 46 heavy (non-hydrogen) atoms. The van der Waals surface area contributed by atoms with Crippen LogP contribution in [-0.4, -0.2) is 36.4 Å². The molecular weight excluding hydrogens is 572 g/mol. The summed E-state index contributed by atoms with van der Waals surface area (Å²) in [6.45, 7) is 3.98. The lowest BCUT2D eigenvalue weighted by Gasteiger charge is -2.15. The van der Waals surface area contributed by atoms with Gasteiger partial charge in [0.25, 0.3) is 0 Å². The fraction of sp³-hybridized carbons (Fsp3) is 0.707. The molecule has 0 aromatic heterocycles. The number of carbonyl (C=O) groups excluding carboxylic acids is 2. The van der Waals surface area contributed by atoms with Crippen LogP contribution in [0, 0.1) is 0 Å². The minimum atomic E-state index is -0.788. The fourth-order valence-corrected chi connectivity index (χ4v) is 4.95. The van der Waals surface area contributed by atoms with Crippen molar-refractivity contribution < 1.29 is 24.2 Å². The summed E-state index contributed by atoms with van der Waals surface area (Å²) in [4.78, 5) is 24.2. The number of carbonyl (C=O) groups is 2. The third-order valence-corrected chi connectivity index (χ3v) is 7.80. The van der Waals surface area contributed by atoms with E-state index in [4.69, 9.17) is 9.47 Å². The molecule has 1 atom stereocenters. The zero-order valence-corrected chi connectivity index (χ0v) is 29.8. The quantitative estimate of drug-likeness (QED) is 0.0438. The molecule has 264 valence electrons. The first-order valence-electron chi connectivity index (χ1n) is 18.8. The van der Waals surface area contributed by atoms with Gasteiger partial charge in [0, 0.05) is 12.8 Å². The lowest BCUT2D eigenvalue weighted by Crippen LogP contribution is -2.28. The monoisotopic (exact) mass is 643 g/mol. The first kappa shape index (κ1) is 43.6. The van der Waals surface area contributed by atoms with Crippen LogP contribution in [0.4, 0.5) is 0 Å². The summed E-state index contributed by atoms with van der Waals surface area (Å²) in [5.74, 6) is -0.633. The molecule has 0 fully saturated rings. The zero-order valence-electron chi connectivity index (χ0n) is 29.8. The standard InChI is InChI=1S/C41H70O5/c1-3-5-7-9-11-13-15-17-19-20-22-24-26-28-30-32-34-36-41(44)46-39(37-42)38-45-40(43)35-33-31-29-27-25-23-21-18-16-14-12-10-8-6-4-2/h5,7,11,13,17-19,21-22,24,39,42H,3-4,6,8-10,12,14-16,20,23,25-38H2,1-2H3/b7-5-,13-11-,19-17-,21-18-,24-22-/t39-/m0/s1. The van der Waals surface area contributed by atoms with E-state index in [1.165, 1.54) is 57.8 Å². The van der Waals surface area contributed by atoms with Crippen molar-refractivity contribution in [1.29, 1.82) is 0 Å². The molecule has 0 aliphatic rings. The minimum Gasteiger partial charge on any atom is -0.462 e. The molecule has 0 saturated carbocycles. The summed E-state index contributed by atoms with van der Waals surface area (Å²) in [6, 6.07) is 0. The van der Waals surface area contributed by atoms with E-state index in [0.29, 0.717) is 12.8 Å². The van der Waals surface area contributed by atoms with Gasteiger partial charge in [0.1, 0.15) is 6.61 Å². The molecule has 0 aromatic carbocycles. The van der Waals surface area contributed by atoms with Gasteiger partial charge in [-0.1, -0.05) is 139 Å². The average molecular weight is 643 g/mol. The van der Waals surface area contributed by atoms with Gasteiger partial charge in [-0.3, -0.25) is 9.59 Å². The number of unbranched alkanes of at least 4 members (excludes halogenated alkanes) is 15. The maximum absolute atomic E-state index is 12.1. The molecular formula is C41H70O5. The van der Waals surface area contributed by atoms with Crippen molar-refractivity contribution in [3.05, 3.63) is 60.8 Å². The Morgan fingerprint density at radius 3 is 1.43 bits per heavy atom. The third kappa shape index (κ3) is 34.5. The topological polar surface area (TPSA) is 72.8 Å². The second-order valence-electron chi connectivity index (χ2n) is 12.3. The van der Waals surface area contributed by atoms with Crippen molar-refractivity contribution in [2.45, 2.75) is 174 Å². The lowest BCUT2D eigenvalue weighted by atomic mass is 10.1. The molecule has 0 spiro atoms. The Hall–Kier alpha value is -2.40. The van der Waals surface area contributed by atoms with Gasteiger partial charge < -0.3 is 14.6 Å². The van der Waals surface area contributed by atoms with Gasteiger partial charge in [-0.25, -0.2) is 0 Å². The highest BCUT2D eigenvalue weighted by atomic mass is 16.6. The van der Waals surface area contributed by atoms with E-state index in [2.05, 4.69) is 74.6 Å². The molecule has 0 unspecified atom stereocenters. The average Bonchev–Trinajstić information content (AvgIpc) is 3.06. The van der Waals surface area contributed by atoms with Crippen molar-refractivity contribution >= 4 is 11.9 Å². The molecule has 0 heterocycles. The normalized spacial score (nSPS) is 12.8. The van der Waals surface area contributed by atoms with Crippen LogP contribution in [0.3, 0.4) is 0 Å². The Kier molecular flexibility index (Phi) is 35.1. The maximum atomic E-state index is 12.1. The molecule has 0 radical (unpaired) electrons. The number of esters is 2. The smallest absolute Gasteiger partial charge is 0.306 e. The van der Waals surface area contributed by atoms with Gasteiger partial charge in [0.05, 0.1) is 6.61 Å². The second-order valence-corrected chi connectivity index (χ2v) is 12.3.